The lowest BCUT2D eigenvalue weighted by atomic mass is 10.1. The Bertz CT molecular complexity index is 260. The first-order valence-corrected chi connectivity index (χ1v) is 6.30. The van der Waals surface area contributed by atoms with E-state index in [0.29, 0.717) is 31.8 Å². The van der Waals surface area contributed by atoms with Crippen molar-refractivity contribution < 1.29 is 9.59 Å². The summed E-state index contributed by atoms with van der Waals surface area (Å²) >= 11 is 0. The molecule has 0 bridgehead atoms. The molecule has 1 rings (SSSR count). The monoisotopic (exact) mass is 241 g/mol. The van der Waals surface area contributed by atoms with Gasteiger partial charge < -0.3 is 15.5 Å². The molecule has 5 heteroatoms. The fourth-order valence-corrected chi connectivity index (χ4v) is 1.92. The summed E-state index contributed by atoms with van der Waals surface area (Å²) in [4.78, 5) is 24.4. The summed E-state index contributed by atoms with van der Waals surface area (Å²) in [7, 11) is 3.49. The molecule has 1 unspecified atom stereocenters. The lowest BCUT2D eigenvalue weighted by Gasteiger charge is -2.11. The molecule has 0 aromatic carbocycles. The Balaban J connectivity index is 2.02. The maximum atomic E-state index is 11.5. The maximum Gasteiger partial charge on any atom is 0.222 e. The molecule has 1 aliphatic heterocycles. The minimum atomic E-state index is 0.0849. The second kappa shape index (κ2) is 7.27. The lowest BCUT2D eigenvalue weighted by molar-refractivity contribution is -0.129. The first kappa shape index (κ1) is 14.0. The zero-order valence-corrected chi connectivity index (χ0v) is 10.8. The van der Waals surface area contributed by atoms with E-state index in [1.807, 2.05) is 0 Å². The van der Waals surface area contributed by atoms with Crippen LogP contribution in [0, 0.1) is 0 Å². The molecule has 1 fully saturated rings. The van der Waals surface area contributed by atoms with E-state index in [-0.39, 0.29) is 11.8 Å². The number of hydrogen-bond acceptors (Lipinski definition) is 3. The van der Waals surface area contributed by atoms with Crippen LogP contribution >= 0.6 is 0 Å². The van der Waals surface area contributed by atoms with Crippen LogP contribution in [0.25, 0.3) is 0 Å². The van der Waals surface area contributed by atoms with E-state index in [1.165, 1.54) is 0 Å². The van der Waals surface area contributed by atoms with Gasteiger partial charge in [0, 0.05) is 39.5 Å². The summed E-state index contributed by atoms with van der Waals surface area (Å²) in [6.07, 6.45) is 4.01. The third kappa shape index (κ3) is 5.68. The van der Waals surface area contributed by atoms with E-state index < -0.39 is 0 Å². The third-order valence-electron chi connectivity index (χ3n) is 2.98. The van der Waals surface area contributed by atoms with Crippen molar-refractivity contribution in [2.24, 2.45) is 0 Å². The van der Waals surface area contributed by atoms with Gasteiger partial charge in [-0.3, -0.25) is 9.59 Å². The van der Waals surface area contributed by atoms with Gasteiger partial charge in [0.05, 0.1) is 0 Å². The quantitative estimate of drug-likeness (QED) is 0.649. The molecular weight excluding hydrogens is 218 g/mol. The predicted octanol–water partition coefficient (Wildman–Crippen LogP) is 0.113. The fraction of sp³-hybridized carbons (Fsp3) is 0.833. The Labute approximate surface area is 103 Å². The zero-order valence-electron chi connectivity index (χ0n) is 10.8. The Kier molecular flexibility index (Phi) is 5.97. The van der Waals surface area contributed by atoms with Gasteiger partial charge in [-0.05, 0) is 25.8 Å². The Hall–Kier alpha value is -1.10. The standard InChI is InChI=1S/C12H23N3O2/c1-15(2)12(17)6-4-8-14-11(16)9-10-5-3-7-13-10/h10,13H,3-9H2,1-2H3,(H,14,16). The van der Waals surface area contributed by atoms with Crippen LogP contribution in [0.15, 0.2) is 0 Å². The molecule has 1 aliphatic rings. The van der Waals surface area contributed by atoms with Gasteiger partial charge in [-0.15, -0.1) is 0 Å². The summed E-state index contributed by atoms with van der Waals surface area (Å²) in [6, 6.07) is 0.346. The van der Waals surface area contributed by atoms with Gasteiger partial charge in [0.15, 0.2) is 0 Å². The minimum Gasteiger partial charge on any atom is -0.356 e. The van der Waals surface area contributed by atoms with E-state index in [9.17, 15) is 9.59 Å². The first-order valence-electron chi connectivity index (χ1n) is 6.30. The Morgan fingerprint density at radius 3 is 2.76 bits per heavy atom. The normalized spacial score (nSPS) is 19.1. The van der Waals surface area contributed by atoms with Crippen molar-refractivity contribution in [2.75, 3.05) is 27.2 Å². The molecule has 0 radical (unpaired) electrons. The van der Waals surface area contributed by atoms with Gasteiger partial charge in [0.25, 0.3) is 0 Å². The van der Waals surface area contributed by atoms with Crippen LogP contribution < -0.4 is 10.6 Å². The van der Waals surface area contributed by atoms with E-state index in [4.69, 9.17) is 0 Å². The van der Waals surface area contributed by atoms with Crippen LogP contribution in [0.5, 0.6) is 0 Å². The highest BCUT2D eigenvalue weighted by molar-refractivity contribution is 5.77. The number of nitrogens with zero attached hydrogens (tertiary/aromatic N) is 1. The molecule has 1 saturated heterocycles. The summed E-state index contributed by atoms with van der Waals surface area (Å²) in [5, 5.41) is 6.14. The van der Waals surface area contributed by atoms with Gasteiger partial charge >= 0.3 is 0 Å². The molecule has 0 aromatic heterocycles. The third-order valence-corrected chi connectivity index (χ3v) is 2.98. The number of nitrogens with one attached hydrogen (secondary N) is 2. The molecule has 0 aliphatic carbocycles. The zero-order chi connectivity index (χ0) is 12.7. The van der Waals surface area contributed by atoms with Crippen LogP contribution in [0.2, 0.25) is 0 Å². The van der Waals surface area contributed by atoms with Gasteiger partial charge in [0.1, 0.15) is 0 Å². The van der Waals surface area contributed by atoms with Crippen molar-refractivity contribution in [1.29, 1.82) is 0 Å². The molecule has 2 amide bonds. The van der Waals surface area contributed by atoms with Crippen LogP contribution in [-0.2, 0) is 9.59 Å². The van der Waals surface area contributed by atoms with Crippen molar-refractivity contribution in [1.82, 2.24) is 15.5 Å². The van der Waals surface area contributed by atoms with Crippen LogP contribution in [0.3, 0.4) is 0 Å². The second-order valence-electron chi connectivity index (χ2n) is 4.74. The average molecular weight is 241 g/mol. The summed E-state index contributed by atoms with van der Waals surface area (Å²) in [6.45, 7) is 1.61. The SMILES string of the molecule is CN(C)C(=O)CCCNC(=O)CC1CCCN1. The smallest absolute Gasteiger partial charge is 0.222 e. The highest BCUT2D eigenvalue weighted by Gasteiger charge is 2.17. The van der Waals surface area contributed by atoms with Crippen molar-refractivity contribution in [2.45, 2.75) is 38.1 Å². The molecule has 1 heterocycles. The molecule has 17 heavy (non-hydrogen) atoms. The van der Waals surface area contributed by atoms with Crippen molar-refractivity contribution >= 4 is 11.8 Å². The average Bonchev–Trinajstić information content (AvgIpc) is 2.76. The highest BCUT2D eigenvalue weighted by Crippen LogP contribution is 2.08. The van der Waals surface area contributed by atoms with Crippen LogP contribution in [0.4, 0.5) is 0 Å². The highest BCUT2D eigenvalue weighted by atomic mass is 16.2. The number of hydrogen-bond donors (Lipinski definition) is 2. The maximum absolute atomic E-state index is 11.5. The molecule has 0 saturated carbocycles. The van der Waals surface area contributed by atoms with Gasteiger partial charge in [-0.2, -0.15) is 0 Å². The number of carbonyl (C=O) groups excluding carboxylic acids is 2. The number of rotatable bonds is 6. The van der Waals surface area contributed by atoms with E-state index in [0.717, 1.165) is 19.4 Å². The molecule has 1 atom stereocenters. The minimum absolute atomic E-state index is 0.0849. The van der Waals surface area contributed by atoms with Gasteiger partial charge in [-0.25, -0.2) is 0 Å². The molecule has 98 valence electrons. The van der Waals surface area contributed by atoms with Crippen LogP contribution in [0.1, 0.15) is 32.1 Å². The van der Waals surface area contributed by atoms with E-state index in [1.54, 1.807) is 19.0 Å². The molecule has 0 aromatic rings. The number of carbonyl (C=O) groups is 2. The van der Waals surface area contributed by atoms with Gasteiger partial charge in [-0.1, -0.05) is 0 Å². The Morgan fingerprint density at radius 2 is 2.18 bits per heavy atom. The lowest BCUT2D eigenvalue weighted by Crippen LogP contribution is -2.32. The van der Waals surface area contributed by atoms with Crippen molar-refractivity contribution in [3.63, 3.8) is 0 Å². The van der Waals surface area contributed by atoms with Crippen molar-refractivity contribution in [3.05, 3.63) is 0 Å². The van der Waals surface area contributed by atoms with E-state index in [2.05, 4.69) is 10.6 Å². The fourth-order valence-electron chi connectivity index (χ4n) is 1.92. The number of amides is 2. The van der Waals surface area contributed by atoms with Crippen molar-refractivity contribution in [3.8, 4) is 0 Å². The van der Waals surface area contributed by atoms with Gasteiger partial charge in [0.2, 0.25) is 11.8 Å². The molecule has 0 spiro atoms. The molecular formula is C12H23N3O2. The summed E-state index contributed by atoms with van der Waals surface area (Å²) < 4.78 is 0. The Morgan fingerprint density at radius 1 is 1.41 bits per heavy atom. The topological polar surface area (TPSA) is 61.4 Å². The second-order valence-corrected chi connectivity index (χ2v) is 4.74. The summed E-state index contributed by atoms with van der Waals surface area (Å²) in [5.41, 5.74) is 0. The molecule has 2 N–H and O–H groups in total. The van der Waals surface area contributed by atoms with Crippen LogP contribution in [-0.4, -0.2) is 49.9 Å². The first-order chi connectivity index (χ1) is 8.09. The largest absolute Gasteiger partial charge is 0.356 e. The molecule has 5 nitrogen and oxygen atoms in total. The van der Waals surface area contributed by atoms with E-state index >= 15 is 0 Å². The predicted molar refractivity (Wildman–Crippen MR) is 66.6 cm³/mol. The summed E-state index contributed by atoms with van der Waals surface area (Å²) in [5.74, 6) is 0.193.